The number of aryl methyl sites for hydroxylation is 1. The first-order valence-electron chi connectivity index (χ1n) is 9.31. The molecule has 2 N–H and O–H groups in total. The lowest BCUT2D eigenvalue weighted by Crippen LogP contribution is -2.53. The van der Waals surface area contributed by atoms with Gasteiger partial charge in [-0.05, 0) is 19.3 Å². The van der Waals surface area contributed by atoms with E-state index in [9.17, 15) is 4.79 Å². The van der Waals surface area contributed by atoms with Crippen LogP contribution in [-0.2, 0) is 11.3 Å². The third-order valence-electron chi connectivity index (χ3n) is 5.37. The molecule has 0 aromatic carbocycles. The Kier molecular flexibility index (Phi) is 7.72. The summed E-state index contributed by atoms with van der Waals surface area (Å²) in [6.45, 7) is 5.92. The van der Waals surface area contributed by atoms with Gasteiger partial charge in [0.2, 0.25) is 5.91 Å². The van der Waals surface area contributed by atoms with Gasteiger partial charge >= 0.3 is 0 Å². The highest BCUT2D eigenvalue weighted by Crippen LogP contribution is 2.27. The quantitative estimate of drug-likeness (QED) is 0.860. The lowest BCUT2D eigenvalue weighted by Gasteiger charge is -2.36. The number of halogens is 1. The van der Waals surface area contributed by atoms with Crippen molar-refractivity contribution in [1.82, 2.24) is 15.0 Å². The van der Waals surface area contributed by atoms with Crippen molar-refractivity contribution in [3.05, 3.63) is 17.5 Å². The van der Waals surface area contributed by atoms with Crippen LogP contribution in [0.25, 0.3) is 0 Å². The molecule has 1 atom stereocenters. The monoisotopic (exact) mass is 370 g/mol. The Bertz CT molecular complexity index is 537. The summed E-state index contributed by atoms with van der Waals surface area (Å²) in [5.41, 5.74) is 7.12. The van der Waals surface area contributed by atoms with Crippen LogP contribution < -0.4 is 5.73 Å². The molecule has 2 fully saturated rings. The van der Waals surface area contributed by atoms with Gasteiger partial charge in [0.1, 0.15) is 0 Å². The van der Waals surface area contributed by atoms with Crippen LogP contribution in [0.15, 0.2) is 10.6 Å². The van der Waals surface area contributed by atoms with Crippen LogP contribution in [0.1, 0.15) is 50.0 Å². The fourth-order valence-electron chi connectivity index (χ4n) is 3.95. The van der Waals surface area contributed by atoms with Gasteiger partial charge in [-0.3, -0.25) is 9.69 Å². The van der Waals surface area contributed by atoms with Gasteiger partial charge in [0.05, 0.1) is 18.3 Å². The molecule has 6 nitrogen and oxygen atoms in total. The van der Waals surface area contributed by atoms with Crippen molar-refractivity contribution in [3.8, 4) is 0 Å². The first kappa shape index (κ1) is 20.2. The number of carbonyl (C=O) groups excluding carboxylic acids is 1. The van der Waals surface area contributed by atoms with E-state index in [1.165, 1.54) is 32.1 Å². The second-order valence-electron chi connectivity index (χ2n) is 7.38. The molecule has 1 aromatic rings. The molecule has 1 saturated carbocycles. The van der Waals surface area contributed by atoms with Crippen LogP contribution in [0.4, 0.5) is 0 Å². The van der Waals surface area contributed by atoms with Crippen LogP contribution in [0.3, 0.4) is 0 Å². The highest BCUT2D eigenvalue weighted by atomic mass is 35.5. The number of hydrogen-bond donors (Lipinski definition) is 1. The number of nitrogens with zero attached hydrogens (tertiary/aromatic N) is 3. The molecule has 0 radical (unpaired) electrons. The normalized spacial score (nSPS) is 21.0. The van der Waals surface area contributed by atoms with Crippen molar-refractivity contribution in [3.63, 3.8) is 0 Å². The van der Waals surface area contributed by atoms with Crippen LogP contribution in [0.2, 0.25) is 0 Å². The fourth-order valence-corrected chi connectivity index (χ4v) is 3.95. The number of amides is 1. The van der Waals surface area contributed by atoms with E-state index in [1.54, 1.807) is 0 Å². The van der Waals surface area contributed by atoms with Gasteiger partial charge in [-0.1, -0.05) is 37.3 Å². The molecule has 1 aliphatic carbocycles. The molecule has 1 aromatic heterocycles. The molecule has 3 rings (SSSR count). The summed E-state index contributed by atoms with van der Waals surface area (Å²) in [7, 11) is 0. The maximum absolute atomic E-state index is 12.6. The van der Waals surface area contributed by atoms with E-state index >= 15 is 0 Å². The zero-order chi connectivity index (χ0) is 16.9. The lowest BCUT2D eigenvalue weighted by atomic mass is 9.84. The van der Waals surface area contributed by atoms with Crippen LogP contribution in [-0.4, -0.2) is 53.1 Å². The summed E-state index contributed by atoms with van der Waals surface area (Å²) in [6.07, 6.45) is 7.27. The summed E-state index contributed by atoms with van der Waals surface area (Å²) in [4.78, 5) is 16.8. The number of piperazine rings is 1. The Morgan fingerprint density at radius 1 is 1.28 bits per heavy atom. The molecule has 7 heteroatoms. The molecule has 2 heterocycles. The van der Waals surface area contributed by atoms with Crippen molar-refractivity contribution < 1.29 is 9.32 Å². The molecule has 0 bridgehead atoms. The van der Waals surface area contributed by atoms with E-state index in [4.69, 9.17) is 10.3 Å². The Balaban J connectivity index is 0.00000225. The van der Waals surface area contributed by atoms with E-state index in [2.05, 4.69) is 10.1 Å². The van der Waals surface area contributed by atoms with Crippen molar-refractivity contribution >= 4 is 18.3 Å². The molecule has 0 spiro atoms. The molecule has 1 saturated heterocycles. The molecule has 25 heavy (non-hydrogen) atoms. The summed E-state index contributed by atoms with van der Waals surface area (Å²) in [5.74, 6) is 1.67. The SMILES string of the molecule is Cc1cc(CN2CCN(C(=O)C(N)CC3CCCCC3)CC2)on1.Cl. The van der Waals surface area contributed by atoms with Crippen molar-refractivity contribution in [2.45, 2.75) is 58.0 Å². The van der Waals surface area contributed by atoms with Gasteiger partial charge in [-0.2, -0.15) is 0 Å². The minimum absolute atomic E-state index is 0. The van der Waals surface area contributed by atoms with Gasteiger partial charge in [0, 0.05) is 32.2 Å². The second kappa shape index (κ2) is 9.55. The Morgan fingerprint density at radius 3 is 2.56 bits per heavy atom. The average Bonchev–Trinajstić information content (AvgIpc) is 3.00. The lowest BCUT2D eigenvalue weighted by molar-refractivity contribution is -0.134. The van der Waals surface area contributed by atoms with Gasteiger partial charge < -0.3 is 15.2 Å². The summed E-state index contributed by atoms with van der Waals surface area (Å²) < 4.78 is 5.27. The maximum atomic E-state index is 12.6. The minimum atomic E-state index is -0.323. The Labute approximate surface area is 156 Å². The summed E-state index contributed by atoms with van der Waals surface area (Å²) in [5, 5.41) is 3.92. The predicted octanol–water partition coefficient (Wildman–Crippen LogP) is 2.35. The first-order chi connectivity index (χ1) is 11.6. The summed E-state index contributed by atoms with van der Waals surface area (Å²) >= 11 is 0. The number of carbonyl (C=O) groups is 1. The van der Waals surface area contributed by atoms with Crippen molar-refractivity contribution in [1.29, 1.82) is 0 Å². The van der Waals surface area contributed by atoms with Gasteiger partial charge in [-0.15, -0.1) is 12.4 Å². The van der Waals surface area contributed by atoms with Gasteiger partial charge in [-0.25, -0.2) is 0 Å². The molecular weight excluding hydrogens is 340 g/mol. The molecule has 1 unspecified atom stereocenters. The van der Waals surface area contributed by atoms with Crippen LogP contribution in [0, 0.1) is 12.8 Å². The molecular formula is C18H31ClN4O2. The van der Waals surface area contributed by atoms with E-state index in [0.717, 1.165) is 50.6 Å². The largest absolute Gasteiger partial charge is 0.360 e. The smallest absolute Gasteiger partial charge is 0.239 e. The third kappa shape index (κ3) is 5.69. The van der Waals surface area contributed by atoms with E-state index < -0.39 is 0 Å². The minimum Gasteiger partial charge on any atom is -0.360 e. The molecule has 2 aliphatic rings. The van der Waals surface area contributed by atoms with E-state index in [0.29, 0.717) is 5.92 Å². The fraction of sp³-hybridized carbons (Fsp3) is 0.778. The van der Waals surface area contributed by atoms with Crippen molar-refractivity contribution in [2.75, 3.05) is 26.2 Å². The first-order valence-corrected chi connectivity index (χ1v) is 9.31. The highest BCUT2D eigenvalue weighted by Gasteiger charge is 2.28. The zero-order valence-corrected chi connectivity index (χ0v) is 16.0. The molecule has 142 valence electrons. The highest BCUT2D eigenvalue weighted by molar-refractivity contribution is 5.85. The zero-order valence-electron chi connectivity index (χ0n) is 15.2. The number of rotatable bonds is 5. The molecule has 1 amide bonds. The van der Waals surface area contributed by atoms with Crippen LogP contribution >= 0.6 is 12.4 Å². The Hall–Kier alpha value is -1.11. The average molecular weight is 371 g/mol. The third-order valence-corrected chi connectivity index (χ3v) is 5.37. The van der Waals surface area contributed by atoms with Gasteiger partial charge in [0.25, 0.3) is 0 Å². The van der Waals surface area contributed by atoms with E-state index in [-0.39, 0.29) is 24.4 Å². The predicted molar refractivity (Wildman–Crippen MR) is 99.5 cm³/mol. The van der Waals surface area contributed by atoms with Gasteiger partial charge in [0.15, 0.2) is 5.76 Å². The summed E-state index contributed by atoms with van der Waals surface area (Å²) in [6, 6.07) is 1.65. The number of aromatic nitrogens is 1. The number of nitrogens with two attached hydrogens (primary N) is 1. The maximum Gasteiger partial charge on any atom is 0.239 e. The Morgan fingerprint density at radius 2 is 1.96 bits per heavy atom. The van der Waals surface area contributed by atoms with Crippen LogP contribution in [0.5, 0.6) is 0 Å². The second-order valence-corrected chi connectivity index (χ2v) is 7.38. The standard InChI is InChI=1S/C18H30N4O2.ClH/c1-14-11-16(24-20-14)13-21-7-9-22(10-8-21)18(23)17(19)12-15-5-3-2-4-6-15;/h11,15,17H,2-10,12-13,19H2,1H3;1H. The number of hydrogen-bond acceptors (Lipinski definition) is 5. The van der Waals surface area contributed by atoms with E-state index in [1.807, 2.05) is 17.9 Å². The topological polar surface area (TPSA) is 75.6 Å². The van der Waals surface area contributed by atoms with Crippen molar-refractivity contribution in [2.24, 2.45) is 11.7 Å². The molecule has 1 aliphatic heterocycles.